The van der Waals surface area contributed by atoms with Crippen LogP contribution in [-0.4, -0.2) is 36.7 Å². The fourth-order valence-electron chi connectivity index (χ4n) is 8.13. The predicted molar refractivity (Wildman–Crippen MR) is 104 cm³/mol. The number of fused-ring (bicyclic) bond motifs is 5. The van der Waals surface area contributed by atoms with E-state index in [1.54, 1.807) is 11.0 Å². The van der Waals surface area contributed by atoms with E-state index in [4.69, 9.17) is 0 Å². The predicted octanol–water partition coefficient (Wildman–Crippen LogP) is 3.26. The van der Waals surface area contributed by atoms with Gasteiger partial charge in [-0.15, -0.1) is 5.10 Å². The van der Waals surface area contributed by atoms with Crippen LogP contribution in [0.25, 0.3) is 0 Å². The standard InChI is InChI=1S/C22H34N4O2/c1-21(28)9-7-15-14(11-21)3-4-17-16(15)8-10-22(2)18(17)5-6-19(22)20(27)12-26-13-23-24-25-26/h13-19,28H,3-12H2,1-2H3/t14-,15-,16+,17+,18-,19+,21+,22-/m0/s1. The molecule has 28 heavy (non-hydrogen) atoms. The summed E-state index contributed by atoms with van der Waals surface area (Å²) in [7, 11) is 0. The lowest BCUT2D eigenvalue weighted by molar-refractivity contribution is -0.133. The monoisotopic (exact) mass is 386 g/mol. The first-order chi connectivity index (χ1) is 13.4. The van der Waals surface area contributed by atoms with E-state index in [0.717, 1.165) is 37.0 Å². The van der Waals surface area contributed by atoms with E-state index in [1.165, 1.54) is 38.5 Å². The molecule has 0 spiro atoms. The Kier molecular flexibility index (Phi) is 4.42. The Morgan fingerprint density at radius 3 is 2.68 bits per heavy atom. The highest BCUT2D eigenvalue weighted by atomic mass is 16.3. The molecule has 4 aliphatic rings. The molecule has 4 fully saturated rings. The van der Waals surface area contributed by atoms with Gasteiger partial charge >= 0.3 is 0 Å². The summed E-state index contributed by atoms with van der Waals surface area (Å²) in [6.07, 6.45) is 12.0. The van der Waals surface area contributed by atoms with Crippen molar-refractivity contribution >= 4 is 5.78 Å². The third kappa shape index (κ3) is 2.94. The molecule has 5 rings (SSSR count). The first-order valence-corrected chi connectivity index (χ1v) is 11.3. The lowest BCUT2D eigenvalue weighted by atomic mass is 9.49. The van der Waals surface area contributed by atoms with Crippen LogP contribution in [0.3, 0.4) is 0 Å². The SMILES string of the molecule is C[C@@]1(O)CC[C@H]2[C@@H](CC[C@@H]3[C@@H]2CC[C@]2(C)[C@@H](C(=O)Cn4cnnn4)CC[C@@H]32)C1. The molecule has 8 atom stereocenters. The van der Waals surface area contributed by atoms with E-state index < -0.39 is 5.60 Å². The Bertz CT molecular complexity index is 733. The average Bonchev–Trinajstić information content (AvgIpc) is 3.27. The zero-order chi connectivity index (χ0) is 19.5. The van der Waals surface area contributed by atoms with Crippen molar-refractivity contribution in [3.8, 4) is 0 Å². The van der Waals surface area contributed by atoms with Crippen LogP contribution in [0.15, 0.2) is 6.33 Å². The molecule has 154 valence electrons. The molecular weight excluding hydrogens is 352 g/mol. The Morgan fingerprint density at radius 2 is 1.89 bits per heavy atom. The number of Topliss-reactive ketones (excluding diaryl/α,β-unsaturated/α-hetero) is 1. The molecule has 6 nitrogen and oxygen atoms in total. The molecule has 0 bridgehead atoms. The van der Waals surface area contributed by atoms with Gasteiger partial charge in [0.2, 0.25) is 0 Å². The highest BCUT2D eigenvalue weighted by Gasteiger charge is 2.58. The van der Waals surface area contributed by atoms with Gasteiger partial charge in [-0.05, 0) is 110 Å². The van der Waals surface area contributed by atoms with Crippen molar-refractivity contribution in [3.63, 3.8) is 0 Å². The van der Waals surface area contributed by atoms with Gasteiger partial charge in [-0.2, -0.15) is 0 Å². The summed E-state index contributed by atoms with van der Waals surface area (Å²) in [4.78, 5) is 13.1. The summed E-state index contributed by atoms with van der Waals surface area (Å²) in [6.45, 7) is 4.75. The maximum absolute atomic E-state index is 13.1. The molecule has 1 aromatic heterocycles. The van der Waals surface area contributed by atoms with Gasteiger partial charge in [-0.1, -0.05) is 6.92 Å². The van der Waals surface area contributed by atoms with Crippen molar-refractivity contribution in [2.75, 3.05) is 0 Å². The van der Waals surface area contributed by atoms with Gasteiger partial charge in [-0.3, -0.25) is 4.79 Å². The quantitative estimate of drug-likeness (QED) is 0.862. The summed E-state index contributed by atoms with van der Waals surface area (Å²) >= 11 is 0. The molecule has 0 aliphatic heterocycles. The van der Waals surface area contributed by atoms with Crippen molar-refractivity contribution in [2.45, 2.75) is 83.8 Å². The van der Waals surface area contributed by atoms with Crippen molar-refractivity contribution < 1.29 is 9.90 Å². The molecule has 6 heteroatoms. The number of rotatable bonds is 3. The Labute approximate surface area is 167 Å². The summed E-state index contributed by atoms with van der Waals surface area (Å²) in [5.74, 6) is 4.30. The molecule has 4 saturated carbocycles. The molecule has 0 unspecified atom stereocenters. The van der Waals surface area contributed by atoms with E-state index in [0.29, 0.717) is 24.2 Å². The highest BCUT2D eigenvalue weighted by Crippen LogP contribution is 2.64. The minimum atomic E-state index is -0.446. The second-order valence-corrected chi connectivity index (χ2v) is 10.8. The summed E-state index contributed by atoms with van der Waals surface area (Å²) in [5, 5.41) is 21.8. The minimum Gasteiger partial charge on any atom is -0.390 e. The second-order valence-electron chi connectivity index (χ2n) is 10.8. The summed E-state index contributed by atoms with van der Waals surface area (Å²) in [5.41, 5.74) is -0.294. The maximum atomic E-state index is 13.1. The molecule has 1 aromatic rings. The first kappa shape index (κ1) is 18.7. The van der Waals surface area contributed by atoms with Crippen LogP contribution in [-0.2, 0) is 11.3 Å². The van der Waals surface area contributed by atoms with E-state index >= 15 is 0 Å². The van der Waals surface area contributed by atoms with Crippen LogP contribution in [0.2, 0.25) is 0 Å². The number of hydrogen-bond acceptors (Lipinski definition) is 5. The van der Waals surface area contributed by atoms with Crippen molar-refractivity contribution in [1.82, 2.24) is 20.2 Å². The number of hydrogen-bond donors (Lipinski definition) is 1. The van der Waals surface area contributed by atoms with Crippen molar-refractivity contribution in [2.24, 2.45) is 40.9 Å². The molecule has 1 heterocycles. The third-order valence-electron chi connectivity index (χ3n) is 9.33. The third-order valence-corrected chi connectivity index (χ3v) is 9.33. The van der Waals surface area contributed by atoms with Crippen LogP contribution in [0.4, 0.5) is 0 Å². The number of carbonyl (C=O) groups excluding carboxylic acids is 1. The molecule has 0 aromatic carbocycles. The normalized spacial score (nSPS) is 47.8. The van der Waals surface area contributed by atoms with Crippen LogP contribution in [0, 0.1) is 40.9 Å². The molecule has 4 aliphatic carbocycles. The molecular formula is C22H34N4O2. The van der Waals surface area contributed by atoms with Gasteiger partial charge in [0.25, 0.3) is 0 Å². The number of carbonyl (C=O) groups is 1. The number of nitrogens with zero attached hydrogens (tertiary/aromatic N) is 4. The van der Waals surface area contributed by atoms with Gasteiger partial charge in [0.15, 0.2) is 5.78 Å². The zero-order valence-electron chi connectivity index (χ0n) is 17.3. The number of aromatic nitrogens is 4. The Morgan fingerprint density at radius 1 is 1.07 bits per heavy atom. The van der Waals surface area contributed by atoms with Crippen LogP contribution in [0.5, 0.6) is 0 Å². The largest absolute Gasteiger partial charge is 0.390 e. The fraction of sp³-hybridized carbons (Fsp3) is 0.909. The molecule has 0 radical (unpaired) electrons. The maximum Gasteiger partial charge on any atom is 0.158 e. The lowest BCUT2D eigenvalue weighted by Gasteiger charge is -2.56. The van der Waals surface area contributed by atoms with E-state index in [1.807, 2.05) is 6.92 Å². The Hall–Kier alpha value is -1.30. The smallest absolute Gasteiger partial charge is 0.158 e. The van der Waals surface area contributed by atoms with E-state index in [-0.39, 0.29) is 11.3 Å². The van der Waals surface area contributed by atoms with Gasteiger partial charge < -0.3 is 5.11 Å². The topological polar surface area (TPSA) is 80.9 Å². The number of aliphatic hydroxyl groups is 1. The lowest BCUT2D eigenvalue weighted by Crippen LogP contribution is -2.51. The van der Waals surface area contributed by atoms with Crippen LogP contribution >= 0.6 is 0 Å². The average molecular weight is 387 g/mol. The van der Waals surface area contributed by atoms with Crippen LogP contribution < -0.4 is 0 Å². The number of tetrazole rings is 1. The second kappa shape index (κ2) is 6.61. The molecule has 0 amide bonds. The zero-order valence-corrected chi connectivity index (χ0v) is 17.3. The van der Waals surface area contributed by atoms with Gasteiger partial charge in [0, 0.05) is 5.92 Å². The first-order valence-electron chi connectivity index (χ1n) is 11.3. The van der Waals surface area contributed by atoms with Gasteiger partial charge in [-0.25, -0.2) is 4.68 Å². The minimum absolute atomic E-state index is 0.152. The summed E-state index contributed by atoms with van der Waals surface area (Å²) < 4.78 is 1.57. The fourth-order valence-corrected chi connectivity index (χ4v) is 8.13. The van der Waals surface area contributed by atoms with Gasteiger partial charge in [0.05, 0.1) is 5.60 Å². The van der Waals surface area contributed by atoms with E-state index in [9.17, 15) is 9.90 Å². The molecule has 1 N–H and O–H groups in total. The highest BCUT2D eigenvalue weighted by molar-refractivity contribution is 5.82. The van der Waals surface area contributed by atoms with Crippen molar-refractivity contribution in [3.05, 3.63) is 6.33 Å². The number of ketones is 1. The van der Waals surface area contributed by atoms with Crippen molar-refractivity contribution in [1.29, 1.82) is 0 Å². The Balaban J connectivity index is 1.32. The molecule has 0 saturated heterocycles. The summed E-state index contributed by atoms with van der Waals surface area (Å²) in [6, 6.07) is 0. The van der Waals surface area contributed by atoms with Crippen LogP contribution in [0.1, 0.15) is 71.6 Å². The van der Waals surface area contributed by atoms with Gasteiger partial charge in [0.1, 0.15) is 12.9 Å². The van der Waals surface area contributed by atoms with E-state index in [2.05, 4.69) is 22.4 Å².